The van der Waals surface area contributed by atoms with Gasteiger partial charge in [0.15, 0.2) is 27.2 Å². The number of hydrogen-bond donors (Lipinski definition) is 3. The minimum Gasteiger partial charge on any atom is -0.354 e. The van der Waals surface area contributed by atoms with Crippen molar-refractivity contribution in [3.8, 4) is 11.3 Å². The van der Waals surface area contributed by atoms with Crippen molar-refractivity contribution in [1.82, 2.24) is 30.7 Å². The molecule has 0 spiro atoms. The molecule has 3 N–H and O–H groups in total. The Morgan fingerprint density at radius 3 is 2.36 bits per heavy atom. The molecule has 1 amide bonds. The lowest BCUT2D eigenvalue weighted by molar-refractivity contribution is 0.0958. The van der Waals surface area contributed by atoms with E-state index in [-0.39, 0.29) is 39.3 Å². The molecular weight excluding hydrogens is 494 g/mol. The van der Waals surface area contributed by atoms with Crippen LogP contribution in [0.1, 0.15) is 14.6 Å². The molecule has 0 fully saturated rings. The normalized spacial score (nSPS) is 12.7. The first-order valence-electron chi connectivity index (χ1n) is 11.5. The quantitative estimate of drug-likeness (QED) is 0.335. The van der Waals surface area contributed by atoms with Crippen molar-refractivity contribution in [2.45, 2.75) is 4.90 Å². The zero-order chi connectivity index (χ0) is 28.4. The van der Waals surface area contributed by atoms with Gasteiger partial charge in [-0.3, -0.25) is 4.79 Å². The Labute approximate surface area is 208 Å². The standard InChI is InChI=1S/C22H18F2N8O3S/c1-25-22(33)20-15(27-21-16(36(2,34)35)7-4-10-26-21)11-18(31-32-20)28-17-9-8-14(29-30-17)19-12(23)5-3-6-13(19)24/h3-11H,1-2H3,(H,25,33)(H2,26,27,28,30,31)/i1D3. The van der Waals surface area contributed by atoms with Crippen LogP contribution in [0.5, 0.6) is 0 Å². The van der Waals surface area contributed by atoms with E-state index in [1.165, 1.54) is 42.6 Å². The summed E-state index contributed by atoms with van der Waals surface area (Å²) < 4.78 is 74.3. The van der Waals surface area contributed by atoms with Crippen LogP contribution < -0.4 is 16.0 Å². The number of anilines is 4. The molecule has 0 aliphatic rings. The van der Waals surface area contributed by atoms with E-state index < -0.39 is 40.0 Å². The molecular formula is C22H18F2N8O3S. The molecule has 3 heterocycles. The van der Waals surface area contributed by atoms with E-state index in [1.807, 2.05) is 0 Å². The average Bonchev–Trinajstić information content (AvgIpc) is 2.84. The fraction of sp³-hybridized carbons (Fsp3) is 0.0909. The molecule has 0 bridgehead atoms. The van der Waals surface area contributed by atoms with Crippen molar-refractivity contribution < 1.29 is 26.1 Å². The van der Waals surface area contributed by atoms with Gasteiger partial charge in [-0.05, 0) is 36.4 Å². The lowest BCUT2D eigenvalue weighted by atomic mass is 10.1. The number of carbonyl (C=O) groups is 1. The summed E-state index contributed by atoms with van der Waals surface area (Å²) in [7, 11) is -3.75. The molecule has 0 aliphatic carbocycles. The van der Waals surface area contributed by atoms with Gasteiger partial charge in [-0.25, -0.2) is 22.2 Å². The Bertz CT molecular complexity index is 1640. The number of hydrogen-bond acceptors (Lipinski definition) is 10. The summed E-state index contributed by atoms with van der Waals surface area (Å²) in [5, 5.41) is 22.5. The van der Waals surface area contributed by atoms with Crippen LogP contribution in [0.3, 0.4) is 0 Å². The second-order valence-corrected chi connectivity index (χ2v) is 9.20. The van der Waals surface area contributed by atoms with E-state index in [1.54, 1.807) is 5.32 Å². The summed E-state index contributed by atoms with van der Waals surface area (Å²) in [6.07, 6.45) is 2.27. The van der Waals surface area contributed by atoms with Crippen LogP contribution in [0.25, 0.3) is 11.3 Å². The molecule has 0 radical (unpaired) electrons. The van der Waals surface area contributed by atoms with Gasteiger partial charge in [0, 0.05) is 29.6 Å². The third-order valence-electron chi connectivity index (χ3n) is 4.69. The lowest BCUT2D eigenvalue weighted by Gasteiger charge is -2.13. The second kappa shape index (κ2) is 9.95. The third-order valence-corrected chi connectivity index (χ3v) is 5.81. The topological polar surface area (TPSA) is 152 Å². The lowest BCUT2D eigenvalue weighted by Crippen LogP contribution is -2.22. The Morgan fingerprint density at radius 1 is 0.944 bits per heavy atom. The van der Waals surface area contributed by atoms with E-state index in [9.17, 15) is 22.0 Å². The van der Waals surface area contributed by atoms with Crippen molar-refractivity contribution in [3.63, 3.8) is 0 Å². The van der Waals surface area contributed by atoms with Crippen LogP contribution in [0, 0.1) is 11.6 Å². The number of halogens is 2. The van der Waals surface area contributed by atoms with Gasteiger partial charge in [-0.15, -0.1) is 20.4 Å². The Kier molecular flexibility index (Phi) is 5.74. The summed E-state index contributed by atoms with van der Waals surface area (Å²) in [6.45, 7) is -2.84. The first kappa shape index (κ1) is 20.8. The molecule has 0 saturated carbocycles. The van der Waals surface area contributed by atoms with Crippen molar-refractivity contribution in [2.75, 3.05) is 23.9 Å². The van der Waals surface area contributed by atoms with Crippen molar-refractivity contribution in [1.29, 1.82) is 0 Å². The molecule has 1 aromatic carbocycles. The van der Waals surface area contributed by atoms with E-state index >= 15 is 0 Å². The maximum absolute atomic E-state index is 14.1. The predicted molar refractivity (Wildman–Crippen MR) is 127 cm³/mol. The van der Waals surface area contributed by atoms with E-state index in [0.717, 1.165) is 18.4 Å². The number of benzene rings is 1. The summed E-state index contributed by atoms with van der Waals surface area (Å²) in [5.74, 6) is -2.87. The van der Waals surface area contributed by atoms with Crippen LogP contribution in [-0.4, -0.2) is 52.9 Å². The van der Waals surface area contributed by atoms with Crippen LogP contribution in [0.15, 0.2) is 59.6 Å². The van der Waals surface area contributed by atoms with Crippen LogP contribution in [0.2, 0.25) is 0 Å². The Hall–Kier alpha value is -4.59. The van der Waals surface area contributed by atoms with Gasteiger partial charge >= 0.3 is 0 Å². The van der Waals surface area contributed by atoms with Crippen molar-refractivity contribution >= 4 is 38.9 Å². The fourth-order valence-electron chi connectivity index (χ4n) is 3.09. The molecule has 0 atom stereocenters. The van der Waals surface area contributed by atoms with Gasteiger partial charge in [0.05, 0.1) is 16.9 Å². The maximum Gasteiger partial charge on any atom is 0.273 e. The van der Waals surface area contributed by atoms with Crippen molar-refractivity contribution in [3.05, 3.63) is 72.1 Å². The highest BCUT2D eigenvalue weighted by Crippen LogP contribution is 2.27. The minimum absolute atomic E-state index is 0.0288. The van der Waals surface area contributed by atoms with Crippen molar-refractivity contribution in [2.24, 2.45) is 0 Å². The summed E-state index contributed by atoms with van der Waals surface area (Å²) >= 11 is 0. The van der Waals surface area contributed by atoms with Gasteiger partial charge in [-0.1, -0.05) is 6.07 Å². The molecule has 0 aliphatic heterocycles. The highest BCUT2D eigenvalue weighted by atomic mass is 32.2. The van der Waals surface area contributed by atoms with Gasteiger partial charge in [0.2, 0.25) is 0 Å². The molecule has 0 unspecified atom stereocenters. The molecule has 14 heteroatoms. The summed E-state index contributed by atoms with van der Waals surface area (Å²) in [4.78, 5) is 16.4. The van der Waals surface area contributed by atoms with E-state index in [0.29, 0.717) is 0 Å². The zero-order valence-electron chi connectivity index (χ0n) is 21.3. The van der Waals surface area contributed by atoms with Gasteiger partial charge in [-0.2, -0.15) is 0 Å². The number of nitrogens with one attached hydrogen (secondary N) is 3. The largest absolute Gasteiger partial charge is 0.354 e. The molecule has 11 nitrogen and oxygen atoms in total. The first-order valence-corrected chi connectivity index (χ1v) is 11.9. The predicted octanol–water partition coefficient (Wildman–Crippen LogP) is 2.86. The fourth-order valence-corrected chi connectivity index (χ4v) is 3.87. The third kappa shape index (κ3) is 5.22. The number of nitrogens with zero attached hydrogens (tertiary/aromatic N) is 5. The van der Waals surface area contributed by atoms with Crippen LogP contribution in [-0.2, 0) is 9.84 Å². The Morgan fingerprint density at radius 2 is 1.69 bits per heavy atom. The van der Waals surface area contributed by atoms with Crippen LogP contribution in [0.4, 0.5) is 31.9 Å². The van der Waals surface area contributed by atoms with Gasteiger partial charge < -0.3 is 16.0 Å². The number of aromatic nitrogens is 5. The smallest absolute Gasteiger partial charge is 0.273 e. The van der Waals surface area contributed by atoms with Crippen LogP contribution >= 0.6 is 0 Å². The number of amides is 1. The summed E-state index contributed by atoms with van der Waals surface area (Å²) in [6, 6.07) is 9.97. The van der Waals surface area contributed by atoms with Gasteiger partial charge in [0.1, 0.15) is 22.3 Å². The molecule has 3 aromatic heterocycles. The first-order chi connectivity index (χ1) is 18.3. The summed E-state index contributed by atoms with van der Waals surface area (Å²) in [5.41, 5.74) is -1.04. The van der Waals surface area contributed by atoms with E-state index in [4.69, 9.17) is 4.11 Å². The van der Waals surface area contributed by atoms with E-state index in [2.05, 4.69) is 36.0 Å². The monoisotopic (exact) mass is 515 g/mol. The highest BCUT2D eigenvalue weighted by Gasteiger charge is 2.20. The Balaban J connectivity index is 1.68. The van der Waals surface area contributed by atoms with Gasteiger partial charge in [0.25, 0.3) is 5.91 Å². The second-order valence-electron chi connectivity index (χ2n) is 7.22. The number of rotatable bonds is 7. The number of sulfone groups is 1. The highest BCUT2D eigenvalue weighted by molar-refractivity contribution is 7.90. The molecule has 36 heavy (non-hydrogen) atoms. The number of carbonyl (C=O) groups excluding carboxylic acids is 1. The maximum atomic E-state index is 14.1. The number of pyridine rings is 1. The molecule has 184 valence electrons. The zero-order valence-corrected chi connectivity index (χ0v) is 19.1. The molecule has 4 rings (SSSR count). The SMILES string of the molecule is [2H]C([2H])([2H])NC(=O)c1nnc(Nc2ccc(-c3c(F)cccc3F)nn2)cc1Nc1ncccc1S(C)(=O)=O. The average molecular weight is 516 g/mol. The molecule has 0 saturated heterocycles. The minimum atomic E-state index is -3.75. The molecule has 4 aromatic rings.